The van der Waals surface area contributed by atoms with E-state index in [0.29, 0.717) is 12.3 Å². The van der Waals surface area contributed by atoms with Crippen LogP contribution in [-0.2, 0) is 11.2 Å². The van der Waals surface area contributed by atoms with Crippen LogP contribution in [0.2, 0.25) is 0 Å². The molecule has 0 amide bonds. The van der Waals surface area contributed by atoms with Gasteiger partial charge in [-0.15, -0.1) is 0 Å². The van der Waals surface area contributed by atoms with Crippen molar-refractivity contribution in [2.45, 2.75) is 25.7 Å². The summed E-state index contributed by atoms with van der Waals surface area (Å²) in [6.45, 7) is 1.99. The summed E-state index contributed by atoms with van der Waals surface area (Å²) in [7, 11) is 0. The summed E-state index contributed by atoms with van der Waals surface area (Å²) in [6, 6.07) is 3.36. The lowest BCUT2D eigenvalue weighted by molar-refractivity contribution is -0.118. The highest BCUT2D eigenvalue weighted by Gasteiger charge is 2.16. The third-order valence-electron chi connectivity index (χ3n) is 3.40. The average molecular weight is 253 g/mol. The lowest BCUT2D eigenvalue weighted by atomic mass is 9.98. The van der Waals surface area contributed by atoms with E-state index in [1.165, 1.54) is 12.1 Å². The predicted octanol–water partition coefficient (Wildman–Crippen LogP) is 2.47. The first kappa shape index (κ1) is 13.1. The Balaban J connectivity index is 1.82. The van der Waals surface area contributed by atoms with Crippen molar-refractivity contribution < 1.29 is 13.6 Å². The lowest BCUT2D eigenvalue weighted by Gasteiger charge is -2.07. The van der Waals surface area contributed by atoms with Crippen molar-refractivity contribution in [3.63, 3.8) is 0 Å². The minimum Gasteiger partial charge on any atom is -0.316 e. The van der Waals surface area contributed by atoms with Gasteiger partial charge in [-0.05, 0) is 43.5 Å². The van der Waals surface area contributed by atoms with E-state index in [9.17, 15) is 13.6 Å². The number of hydrogen-bond donors (Lipinski definition) is 1. The number of carbonyl (C=O) groups is 1. The van der Waals surface area contributed by atoms with Crippen LogP contribution in [0.15, 0.2) is 18.2 Å². The summed E-state index contributed by atoms with van der Waals surface area (Å²) in [5.41, 5.74) is 0.283. The number of hydrogen-bond acceptors (Lipinski definition) is 2. The summed E-state index contributed by atoms with van der Waals surface area (Å²) in [6.07, 6.45) is 2.50. The van der Waals surface area contributed by atoms with E-state index in [-0.39, 0.29) is 17.8 Å². The van der Waals surface area contributed by atoms with Gasteiger partial charge in [0.25, 0.3) is 0 Å². The molecule has 18 heavy (non-hydrogen) atoms. The highest BCUT2D eigenvalue weighted by Crippen LogP contribution is 2.16. The molecule has 1 unspecified atom stereocenters. The van der Waals surface area contributed by atoms with Gasteiger partial charge in [-0.2, -0.15) is 0 Å². The van der Waals surface area contributed by atoms with E-state index in [4.69, 9.17) is 0 Å². The van der Waals surface area contributed by atoms with Crippen LogP contribution in [0.5, 0.6) is 0 Å². The average Bonchev–Trinajstić information content (AvgIpc) is 2.83. The molecule has 98 valence electrons. The SMILES string of the molecule is O=C(CCC1CCNC1)Cc1ccc(F)cc1F. The molecule has 1 heterocycles. The zero-order chi connectivity index (χ0) is 13.0. The summed E-state index contributed by atoms with van der Waals surface area (Å²) in [5, 5.41) is 3.25. The van der Waals surface area contributed by atoms with E-state index in [1.807, 2.05) is 0 Å². The van der Waals surface area contributed by atoms with E-state index in [1.54, 1.807) is 0 Å². The van der Waals surface area contributed by atoms with Crippen molar-refractivity contribution in [3.8, 4) is 0 Å². The van der Waals surface area contributed by atoms with Crippen LogP contribution in [0.3, 0.4) is 0 Å². The van der Waals surface area contributed by atoms with Crippen LogP contribution >= 0.6 is 0 Å². The van der Waals surface area contributed by atoms with Crippen LogP contribution < -0.4 is 5.32 Å². The van der Waals surface area contributed by atoms with Crippen LogP contribution in [0, 0.1) is 17.6 Å². The van der Waals surface area contributed by atoms with Gasteiger partial charge in [0, 0.05) is 18.9 Å². The maximum absolute atomic E-state index is 13.3. The molecule has 1 N–H and O–H groups in total. The Morgan fingerprint density at radius 1 is 1.39 bits per heavy atom. The molecule has 2 rings (SSSR count). The van der Waals surface area contributed by atoms with Crippen molar-refractivity contribution >= 4 is 5.78 Å². The van der Waals surface area contributed by atoms with Crippen LogP contribution in [-0.4, -0.2) is 18.9 Å². The van der Waals surface area contributed by atoms with Gasteiger partial charge < -0.3 is 5.32 Å². The van der Waals surface area contributed by atoms with Crippen LogP contribution in [0.1, 0.15) is 24.8 Å². The predicted molar refractivity (Wildman–Crippen MR) is 65.3 cm³/mol. The van der Waals surface area contributed by atoms with Gasteiger partial charge in [-0.1, -0.05) is 6.07 Å². The number of benzene rings is 1. The first-order valence-corrected chi connectivity index (χ1v) is 6.31. The maximum Gasteiger partial charge on any atom is 0.137 e. The van der Waals surface area contributed by atoms with E-state index >= 15 is 0 Å². The van der Waals surface area contributed by atoms with Gasteiger partial charge in [-0.25, -0.2) is 8.78 Å². The molecule has 0 radical (unpaired) electrons. The monoisotopic (exact) mass is 253 g/mol. The molecule has 0 aromatic heterocycles. The van der Waals surface area contributed by atoms with Crippen LogP contribution in [0.25, 0.3) is 0 Å². The van der Waals surface area contributed by atoms with Gasteiger partial charge in [0.05, 0.1) is 0 Å². The Bertz CT molecular complexity index is 428. The molecular formula is C14H17F2NO. The second-order valence-electron chi connectivity index (χ2n) is 4.85. The topological polar surface area (TPSA) is 29.1 Å². The van der Waals surface area contributed by atoms with Crippen LogP contribution in [0.4, 0.5) is 8.78 Å². The highest BCUT2D eigenvalue weighted by atomic mass is 19.1. The largest absolute Gasteiger partial charge is 0.316 e. The van der Waals surface area contributed by atoms with Crippen molar-refractivity contribution in [1.82, 2.24) is 5.32 Å². The number of ketones is 1. The van der Waals surface area contributed by atoms with Crippen molar-refractivity contribution in [2.24, 2.45) is 5.92 Å². The molecule has 1 atom stereocenters. The molecule has 1 aromatic rings. The number of nitrogens with one attached hydrogen (secondary N) is 1. The maximum atomic E-state index is 13.3. The van der Waals surface area contributed by atoms with E-state index in [2.05, 4.69) is 5.32 Å². The molecule has 4 heteroatoms. The summed E-state index contributed by atoms with van der Waals surface area (Å²) >= 11 is 0. The fraction of sp³-hybridized carbons (Fsp3) is 0.500. The summed E-state index contributed by atoms with van der Waals surface area (Å²) < 4.78 is 26.1. The van der Waals surface area contributed by atoms with Crippen molar-refractivity contribution in [3.05, 3.63) is 35.4 Å². The summed E-state index contributed by atoms with van der Waals surface area (Å²) in [4.78, 5) is 11.7. The molecule has 1 aliphatic heterocycles. The van der Waals surface area contributed by atoms with Gasteiger partial charge in [0.2, 0.25) is 0 Å². The van der Waals surface area contributed by atoms with Gasteiger partial charge in [-0.3, -0.25) is 4.79 Å². The highest BCUT2D eigenvalue weighted by molar-refractivity contribution is 5.80. The second-order valence-corrected chi connectivity index (χ2v) is 4.85. The fourth-order valence-corrected chi connectivity index (χ4v) is 2.29. The zero-order valence-corrected chi connectivity index (χ0v) is 10.2. The number of halogens is 2. The van der Waals surface area contributed by atoms with Crippen molar-refractivity contribution in [2.75, 3.05) is 13.1 Å². The second kappa shape index (κ2) is 6.05. The van der Waals surface area contributed by atoms with Crippen molar-refractivity contribution in [1.29, 1.82) is 0 Å². The molecule has 1 aliphatic rings. The molecule has 1 aromatic carbocycles. The number of Topliss-reactive ketones (excluding diaryl/α,β-unsaturated/α-hetero) is 1. The standard InChI is InChI=1S/C14H17F2NO/c15-12-3-2-11(14(16)8-12)7-13(18)4-1-10-5-6-17-9-10/h2-3,8,10,17H,1,4-7,9H2. The normalized spacial score (nSPS) is 19.1. The molecular weight excluding hydrogens is 236 g/mol. The Hall–Kier alpha value is -1.29. The molecule has 2 nitrogen and oxygen atoms in total. The Kier molecular flexibility index (Phi) is 4.42. The Labute approximate surface area is 105 Å². The van der Waals surface area contributed by atoms with Gasteiger partial charge in [0.15, 0.2) is 0 Å². The minimum absolute atomic E-state index is 0.0207. The van der Waals surface area contributed by atoms with E-state index in [0.717, 1.165) is 32.0 Å². The fourth-order valence-electron chi connectivity index (χ4n) is 2.29. The minimum atomic E-state index is -0.633. The summed E-state index contributed by atoms with van der Waals surface area (Å²) in [5.74, 6) is -0.661. The molecule has 0 spiro atoms. The Morgan fingerprint density at radius 2 is 2.22 bits per heavy atom. The molecule has 0 saturated carbocycles. The molecule has 0 aliphatic carbocycles. The molecule has 0 bridgehead atoms. The molecule has 1 fully saturated rings. The smallest absolute Gasteiger partial charge is 0.137 e. The first-order valence-electron chi connectivity index (χ1n) is 6.31. The lowest BCUT2D eigenvalue weighted by Crippen LogP contribution is -2.11. The Morgan fingerprint density at radius 3 is 2.89 bits per heavy atom. The third-order valence-corrected chi connectivity index (χ3v) is 3.40. The first-order chi connectivity index (χ1) is 8.65. The number of rotatable bonds is 5. The van der Waals surface area contributed by atoms with Gasteiger partial charge in [0.1, 0.15) is 17.4 Å². The number of carbonyl (C=O) groups excluding carboxylic acids is 1. The van der Waals surface area contributed by atoms with Gasteiger partial charge >= 0.3 is 0 Å². The third kappa shape index (κ3) is 3.60. The van der Waals surface area contributed by atoms with E-state index < -0.39 is 11.6 Å². The quantitative estimate of drug-likeness (QED) is 0.873. The zero-order valence-electron chi connectivity index (χ0n) is 10.2. The molecule has 1 saturated heterocycles.